The van der Waals surface area contributed by atoms with Crippen LogP contribution in [0, 0.1) is 0 Å². The lowest BCUT2D eigenvalue weighted by atomic mass is 10.1. The Balaban J connectivity index is 1.56. The molecule has 0 aliphatic carbocycles. The van der Waals surface area contributed by atoms with E-state index in [1.54, 1.807) is 37.0 Å². The molecule has 1 aromatic heterocycles. The Labute approximate surface area is 167 Å². The van der Waals surface area contributed by atoms with Crippen molar-refractivity contribution >= 4 is 35.0 Å². The van der Waals surface area contributed by atoms with Gasteiger partial charge in [-0.05, 0) is 61.0 Å². The lowest BCUT2D eigenvalue weighted by Crippen LogP contribution is -2.19. The smallest absolute Gasteiger partial charge is 0.267 e. The van der Waals surface area contributed by atoms with E-state index >= 15 is 0 Å². The second-order valence-electron chi connectivity index (χ2n) is 5.79. The van der Waals surface area contributed by atoms with Crippen LogP contribution in [0.25, 0.3) is 0 Å². The van der Waals surface area contributed by atoms with Gasteiger partial charge in [-0.25, -0.2) is 5.43 Å². The topological polar surface area (TPSA) is 54.4 Å². The van der Waals surface area contributed by atoms with Crippen LogP contribution in [-0.4, -0.2) is 16.6 Å². The van der Waals surface area contributed by atoms with E-state index in [2.05, 4.69) is 15.5 Å². The number of hydrogen-bond donors (Lipinski definition) is 1. The molecule has 6 heteroatoms. The van der Waals surface area contributed by atoms with E-state index in [1.165, 1.54) is 0 Å². The SMILES string of the molecule is C/C(=N\NC(=O)c1ccc(CSc2ccc(Cl)cc2)cc1)c1ccccn1. The van der Waals surface area contributed by atoms with Gasteiger partial charge in [-0.15, -0.1) is 11.8 Å². The molecule has 0 spiro atoms. The largest absolute Gasteiger partial charge is 0.271 e. The van der Waals surface area contributed by atoms with Crippen LogP contribution in [0.15, 0.2) is 82.9 Å². The fourth-order valence-electron chi connectivity index (χ4n) is 2.28. The van der Waals surface area contributed by atoms with Gasteiger partial charge in [-0.3, -0.25) is 9.78 Å². The van der Waals surface area contributed by atoms with Crippen LogP contribution >= 0.6 is 23.4 Å². The Morgan fingerprint density at radius 1 is 1.07 bits per heavy atom. The molecule has 0 atom stereocenters. The minimum absolute atomic E-state index is 0.248. The number of benzene rings is 2. The number of carbonyl (C=O) groups is 1. The normalized spacial score (nSPS) is 11.3. The summed E-state index contributed by atoms with van der Waals surface area (Å²) in [5.41, 5.74) is 5.65. The predicted molar refractivity (Wildman–Crippen MR) is 111 cm³/mol. The highest BCUT2D eigenvalue weighted by molar-refractivity contribution is 7.98. The maximum absolute atomic E-state index is 12.2. The lowest BCUT2D eigenvalue weighted by Gasteiger charge is -2.05. The van der Waals surface area contributed by atoms with Crippen LogP contribution in [0.2, 0.25) is 5.02 Å². The van der Waals surface area contributed by atoms with Crippen molar-refractivity contribution in [1.82, 2.24) is 10.4 Å². The minimum Gasteiger partial charge on any atom is -0.267 e. The monoisotopic (exact) mass is 395 g/mol. The summed E-state index contributed by atoms with van der Waals surface area (Å²) in [5, 5.41) is 4.85. The Bertz CT molecular complexity index is 926. The van der Waals surface area contributed by atoms with E-state index in [-0.39, 0.29) is 5.91 Å². The first-order chi connectivity index (χ1) is 13.1. The molecule has 3 rings (SSSR count). The summed E-state index contributed by atoms with van der Waals surface area (Å²) < 4.78 is 0. The molecule has 27 heavy (non-hydrogen) atoms. The Hall–Kier alpha value is -2.63. The molecule has 0 aliphatic heterocycles. The van der Waals surface area contributed by atoms with Crippen LogP contribution in [0.4, 0.5) is 0 Å². The molecule has 1 amide bonds. The average molecular weight is 396 g/mol. The van der Waals surface area contributed by atoms with Crippen molar-refractivity contribution in [3.63, 3.8) is 0 Å². The van der Waals surface area contributed by atoms with Gasteiger partial charge < -0.3 is 0 Å². The zero-order valence-electron chi connectivity index (χ0n) is 14.7. The molecule has 0 saturated carbocycles. The number of nitrogens with zero attached hydrogens (tertiary/aromatic N) is 2. The van der Waals surface area contributed by atoms with Crippen molar-refractivity contribution in [2.75, 3.05) is 0 Å². The van der Waals surface area contributed by atoms with E-state index in [0.29, 0.717) is 11.3 Å². The Morgan fingerprint density at radius 3 is 2.48 bits per heavy atom. The van der Waals surface area contributed by atoms with Crippen LogP contribution in [-0.2, 0) is 5.75 Å². The first-order valence-electron chi connectivity index (χ1n) is 8.35. The molecule has 0 fully saturated rings. The third-order valence-electron chi connectivity index (χ3n) is 3.80. The van der Waals surface area contributed by atoms with E-state index in [0.717, 1.165) is 26.9 Å². The summed E-state index contributed by atoms with van der Waals surface area (Å²) in [4.78, 5) is 17.6. The molecule has 0 aliphatic rings. The molecule has 0 saturated heterocycles. The number of pyridine rings is 1. The standard InChI is InChI=1S/C21H18ClN3OS/c1-15(20-4-2-3-13-23-20)24-25-21(26)17-7-5-16(6-8-17)14-27-19-11-9-18(22)10-12-19/h2-13H,14H2,1H3,(H,25,26)/b24-15+. The summed E-state index contributed by atoms with van der Waals surface area (Å²) in [6, 6.07) is 20.8. The number of rotatable bonds is 6. The Morgan fingerprint density at radius 2 is 1.81 bits per heavy atom. The third-order valence-corrected chi connectivity index (χ3v) is 5.13. The van der Waals surface area contributed by atoms with Crippen molar-refractivity contribution in [3.05, 3.63) is 94.8 Å². The van der Waals surface area contributed by atoms with Crippen LogP contribution in [0.5, 0.6) is 0 Å². The second-order valence-corrected chi connectivity index (χ2v) is 7.28. The van der Waals surface area contributed by atoms with Gasteiger partial charge in [-0.1, -0.05) is 29.8 Å². The molecule has 0 bridgehead atoms. The number of nitrogens with one attached hydrogen (secondary N) is 1. The maximum atomic E-state index is 12.2. The quantitative estimate of drug-likeness (QED) is 0.355. The van der Waals surface area contributed by atoms with Crippen LogP contribution in [0.3, 0.4) is 0 Å². The lowest BCUT2D eigenvalue weighted by molar-refractivity contribution is 0.0955. The molecular formula is C21H18ClN3OS. The number of hydrazone groups is 1. The number of halogens is 1. The average Bonchev–Trinajstić information content (AvgIpc) is 2.72. The van der Waals surface area contributed by atoms with Crippen molar-refractivity contribution in [2.45, 2.75) is 17.6 Å². The van der Waals surface area contributed by atoms with Gasteiger partial charge in [0, 0.05) is 27.4 Å². The van der Waals surface area contributed by atoms with E-state index in [4.69, 9.17) is 11.6 Å². The van der Waals surface area contributed by atoms with Crippen molar-refractivity contribution in [3.8, 4) is 0 Å². The first-order valence-corrected chi connectivity index (χ1v) is 9.71. The fraction of sp³-hybridized carbons (Fsp3) is 0.0952. The summed E-state index contributed by atoms with van der Waals surface area (Å²) in [6.07, 6.45) is 1.69. The number of aromatic nitrogens is 1. The van der Waals surface area contributed by atoms with Gasteiger partial charge in [0.2, 0.25) is 0 Å². The highest BCUT2D eigenvalue weighted by atomic mass is 35.5. The molecule has 0 radical (unpaired) electrons. The van der Waals surface area contributed by atoms with Gasteiger partial charge in [-0.2, -0.15) is 5.10 Å². The van der Waals surface area contributed by atoms with Gasteiger partial charge in [0.05, 0.1) is 11.4 Å². The van der Waals surface area contributed by atoms with Gasteiger partial charge in [0.15, 0.2) is 0 Å². The van der Waals surface area contributed by atoms with Crippen molar-refractivity contribution in [1.29, 1.82) is 0 Å². The van der Waals surface area contributed by atoms with Crippen LogP contribution < -0.4 is 5.43 Å². The predicted octanol–water partition coefficient (Wildman–Crippen LogP) is 5.18. The summed E-state index contributed by atoms with van der Waals surface area (Å²) in [7, 11) is 0. The highest BCUT2D eigenvalue weighted by Gasteiger charge is 2.06. The van der Waals surface area contributed by atoms with Gasteiger partial charge >= 0.3 is 0 Å². The highest BCUT2D eigenvalue weighted by Crippen LogP contribution is 2.24. The van der Waals surface area contributed by atoms with E-state index < -0.39 is 0 Å². The van der Waals surface area contributed by atoms with Gasteiger partial charge in [0.25, 0.3) is 5.91 Å². The van der Waals surface area contributed by atoms with Crippen LogP contribution in [0.1, 0.15) is 28.5 Å². The van der Waals surface area contributed by atoms with E-state index in [9.17, 15) is 4.79 Å². The molecule has 1 heterocycles. The van der Waals surface area contributed by atoms with Gasteiger partial charge in [0.1, 0.15) is 0 Å². The first kappa shape index (κ1) is 19.1. The molecule has 136 valence electrons. The summed E-state index contributed by atoms with van der Waals surface area (Å²) in [5.74, 6) is 0.572. The second kappa shape index (κ2) is 9.35. The molecular weight excluding hydrogens is 378 g/mol. The molecule has 4 nitrogen and oxygen atoms in total. The zero-order valence-corrected chi connectivity index (χ0v) is 16.3. The minimum atomic E-state index is -0.248. The number of carbonyl (C=O) groups excluding carboxylic acids is 1. The summed E-state index contributed by atoms with van der Waals surface area (Å²) in [6.45, 7) is 1.81. The zero-order chi connectivity index (χ0) is 19.1. The van der Waals surface area contributed by atoms with Crippen molar-refractivity contribution in [2.24, 2.45) is 5.10 Å². The number of hydrogen-bond acceptors (Lipinski definition) is 4. The molecule has 3 aromatic rings. The fourth-order valence-corrected chi connectivity index (χ4v) is 3.26. The number of thioether (sulfide) groups is 1. The maximum Gasteiger partial charge on any atom is 0.271 e. The van der Waals surface area contributed by atoms with Crippen molar-refractivity contribution < 1.29 is 4.79 Å². The summed E-state index contributed by atoms with van der Waals surface area (Å²) >= 11 is 7.62. The number of amides is 1. The van der Waals surface area contributed by atoms with E-state index in [1.807, 2.05) is 54.6 Å². The third kappa shape index (κ3) is 5.67. The molecule has 2 aromatic carbocycles. The molecule has 1 N–H and O–H groups in total. The Kier molecular flexibility index (Phi) is 6.63. The molecule has 0 unspecified atom stereocenters.